The molecule has 1 amide bonds. The number of likely N-dealkylation sites (N-methyl/N-ethyl adjacent to an activating group) is 1. The number of hydrogen-bond acceptors (Lipinski definition) is 3. The van der Waals surface area contributed by atoms with Crippen molar-refractivity contribution in [2.45, 2.75) is 24.5 Å². The molecule has 0 aliphatic heterocycles. The Labute approximate surface area is 200 Å². The highest BCUT2D eigenvalue weighted by Gasteiger charge is 2.30. The zero-order chi connectivity index (χ0) is 25.8. The van der Waals surface area contributed by atoms with E-state index in [1.165, 1.54) is 19.1 Å². The first-order chi connectivity index (χ1) is 16.4. The molecule has 0 aliphatic rings. The molecule has 3 aromatic rings. The Morgan fingerprint density at radius 1 is 0.971 bits per heavy atom. The van der Waals surface area contributed by atoms with Crippen LogP contribution >= 0.6 is 0 Å². The zero-order valence-electron chi connectivity index (χ0n) is 18.6. The van der Waals surface area contributed by atoms with E-state index in [-0.39, 0.29) is 23.7 Å². The van der Waals surface area contributed by atoms with E-state index < -0.39 is 33.5 Å². The van der Waals surface area contributed by atoms with Gasteiger partial charge in [-0.1, -0.05) is 36.9 Å². The molecule has 0 saturated carbocycles. The molecule has 5 nitrogen and oxygen atoms in total. The van der Waals surface area contributed by atoms with Crippen molar-refractivity contribution in [2.24, 2.45) is 0 Å². The number of benzene rings is 3. The Bertz CT molecular complexity index is 1320. The lowest BCUT2D eigenvalue weighted by Gasteiger charge is -2.24. The van der Waals surface area contributed by atoms with E-state index in [2.05, 4.69) is 11.9 Å². The van der Waals surface area contributed by atoms with Gasteiger partial charge in [0, 0.05) is 13.1 Å². The second-order valence-electron chi connectivity index (χ2n) is 7.53. The van der Waals surface area contributed by atoms with E-state index in [4.69, 9.17) is 0 Å². The molecule has 0 unspecified atom stereocenters. The molecule has 0 aromatic heterocycles. The summed E-state index contributed by atoms with van der Waals surface area (Å²) in [6.07, 6.45) is -4.43. The zero-order valence-corrected chi connectivity index (χ0v) is 19.5. The molecule has 0 saturated heterocycles. The van der Waals surface area contributed by atoms with Gasteiger partial charge in [0.2, 0.25) is 0 Å². The molecule has 0 radical (unpaired) electrons. The summed E-state index contributed by atoms with van der Waals surface area (Å²) in [7, 11) is -4.13. The molecule has 0 aliphatic carbocycles. The number of nitrogens with zero attached hydrogens (tertiary/aromatic N) is 1. The van der Waals surface area contributed by atoms with Crippen molar-refractivity contribution in [1.82, 2.24) is 9.62 Å². The van der Waals surface area contributed by atoms with Crippen LogP contribution in [0, 0.1) is 5.82 Å². The van der Waals surface area contributed by atoms with Gasteiger partial charge in [0.15, 0.2) is 0 Å². The second kappa shape index (κ2) is 10.3. The second-order valence-corrected chi connectivity index (χ2v) is 9.39. The third-order valence-corrected chi connectivity index (χ3v) is 7.10. The van der Waals surface area contributed by atoms with Crippen molar-refractivity contribution in [3.8, 4) is 11.1 Å². The van der Waals surface area contributed by atoms with Crippen LogP contribution in [0.5, 0.6) is 0 Å². The van der Waals surface area contributed by atoms with Gasteiger partial charge < -0.3 is 5.32 Å². The number of rotatable bonds is 8. The van der Waals surface area contributed by atoms with Crippen LogP contribution in [-0.2, 0) is 27.5 Å². The average Bonchev–Trinajstić information content (AvgIpc) is 2.82. The Kier molecular flexibility index (Phi) is 7.64. The lowest BCUT2D eigenvalue weighted by molar-refractivity contribution is -0.137. The number of amides is 1. The topological polar surface area (TPSA) is 66.5 Å². The summed E-state index contributed by atoms with van der Waals surface area (Å²) in [6.45, 7) is 5.10. The quantitative estimate of drug-likeness (QED) is 0.331. The van der Waals surface area contributed by atoms with Gasteiger partial charge in [-0.3, -0.25) is 9.10 Å². The summed E-state index contributed by atoms with van der Waals surface area (Å²) in [5.74, 6) is -1.32. The number of hydrogen-bond donors (Lipinski definition) is 1. The third-order valence-electron chi connectivity index (χ3n) is 5.18. The first-order valence-corrected chi connectivity index (χ1v) is 11.9. The van der Waals surface area contributed by atoms with Crippen molar-refractivity contribution in [3.05, 3.63) is 102 Å². The minimum atomic E-state index is -4.43. The summed E-state index contributed by atoms with van der Waals surface area (Å²) in [5.41, 5.74) is 0.805. The minimum absolute atomic E-state index is 0.0283. The van der Waals surface area contributed by atoms with Gasteiger partial charge in [-0.2, -0.15) is 13.2 Å². The fourth-order valence-electron chi connectivity index (χ4n) is 3.35. The lowest BCUT2D eigenvalue weighted by Crippen LogP contribution is -2.37. The number of carbonyl (C=O) groups excluding carboxylic acids is 1. The lowest BCUT2D eigenvalue weighted by atomic mass is 10.0. The van der Waals surface area contributed by atoms with Crippen LogP contribution in [0.3, 0.4) is 0 Å². The smallest absolute Gasteiger partial charge is 0.347 e. The van der Waals surface area contributed by atoms with Crippen molar-refractivity contribution in [2.75, 3.05) is 6.54 Å². The van der Waals surface area contributed by atoms with Crippen LogP contribution in [0.15, 0.2) is 90.0 Å². The van der Waals surface area contributed by atoms with Gasteiger partial charge in [0.25, 0.3) is 15.9 Å². The first kappa shape index (κ1) is 26.0. The van der Waals surface area contributed by atoms with Crippen LogP contribution in [0.4, 0.5) is 17.6 Å². The first-order valence-electron chi connectivity index (χ1n) is 10.5. The van der Waals surface area contributed by atoms with Crippen LogP contribution in [0.25, 0.3) is 11.1 Å². The fourth-order valence-corrected chi connectivity index (χ4v) is 4.80. The summed E-state index contributed by atoms with van der Waals surface area (Å²) >= 11 is 0. The maximum Gasteiger partial charge on any atom is 0.416 e. The Morgan fingerprint density at radius 3 is 2.17 bits per heavy atom. The van der Waals surface area contributed by atoms with Gasteiger partial charge in [-0.25, -0.2) is 12.8 Å². The fraction of sp³-hybridized carbons (Fsp3) is 0.160. The van der Waals surface area contributed by atoms with Crippen LogP contribution in [0.1, 0.15) is 18.1 Å². The molecule has 3 rings (SSSR count). The van der Waals surface area contributed by atoms with Gasteiger partial charge in [-0.05, 0) is 66.1 Å². The van der Waals surface area contributed by atoms with Gasteiger partial charge in [0.1, 0.15) is 11.5 Å². The number of halogens is 4. The Morgan fingerprint density at radius 2 is 1.60 bits per heavy atom. The van der Waals surface area contributed by atoms with Crippen molar-refractivity contribution >= 4 is 15.9 Å². The SMILES string of the molecule is C=C(C(=O)NCc1cccc(-c2ccc(C(F)(F)F)cc2)c1)N(CC)S(=O)(=O)c1ccc(F)cc1. The molecule has 1 N–H and O–H groups in total. The van der Waals surface area contributed by atoms with Gasteiger partial charge >= 0.3 is 6.18 Å². The average molecular weight is 507 g/mol. The van der Waals surface area contributed by atoms with E-state index in [9.17, 15) is 30.8 Å². The number of sulfonamides is 1. The number of alkyl halides is 3. The predicted octanol–water partition coefficient (Wildman–Crippen LogP) is 5.35. The van der Waals surface area contributed by atoms with E-state index >= 15 is 0 Å². The molecule has 10 heteroatoms. The molecular formula is C25H22F4N2O3S. The summed E-state index contributed by atoms with van der Waals surface area (Å²) in [4.78, 5) is 12.5. The van der Waals surface area contributed by atoms with Crippen molar-refractivity contribution < 1.29 is 30.8 Å². The molecule has 35 heavy (non-hydrogen) atoms. The van der Waals surface area contributed by atoms with E-state index in [1.54, 1.807) is 24.3 Å². The largest absolute Gasteiger partial charge is 0.416 e. The van der Waals surface area contributed by atoms with Gasteiger partial charge in [-0.15, -0.1) is 0 Å². The molecule has 0 heterocycles. The molecule has 0 fully saturated rings. The molecule has 0 atom stereocenters. The Balaban J connectivity index is 1.71. The molecule has 0 bridgehead atoms. The van der Waals surface area contributed by atoms with Crippen LogP contribution < -0.4 is 5.32 Å². The van der Waals surface area contributed by atoms with E-state index in [0.717, 1.165) is 40.7 Å². The highest BCUT2D eigenvalue weighted by atomic mass is 32.2. The van der Waals surface area contributed by atoms with E-state index in [0.29, 0.717) is 16.7 Å². The molecular weight excluding hydrogens is 484 g/mol. The number of carbonyl (C=O) groups is 1. The highest BCUT2D eigenvalue weighted by molar-refractivity contribution is 7.89. The van der Waals surface area contributed by atoms with Crippen molar-refractivity contribution in [3.63, 3.8) is 0 Å². The summed E-state index contributed by atoms with van der Waals surface area (Å²) in [6, 6.07) is 15.8. The minimum Gasteiger partial charge on any atom is -0.347 e. The predicted molar refractivity (Wildman–Crippen MR) is 124 cm³/mol. The van der Waals surface area contributed by atoms with Crippen LogP contribution in [-0.4, -0.2) is 25.2 Å². The monoisotopic (exact) mass is 506 g/mol. The maximum atomic E-state index is 13.2. The molecule has 3 aromatic carbocycles. The standard InChI is InChI=1S/C25H22F4N2O3S/c1-3-31(35(33,34)23-13-11-22(26)12-14-23)17(2)24(32)30-16-18-5-4-6-20(15-18)19-7-9-21(10-8-19)25(27,28)29/h4-15H,2-3,16H2,1H3,(H,30,32). The molecule has 184 valence electrons. The van der Waals surface area contributed by atoms with Crippen molar-refractivity contribution in [1.29, 1.82) is 0 Å². The number of nitrogens with one attached hydrogen (secondary N) is 1. The maximum absolute atomic E-state index is 13.2. The Hall–Kier alpha value is -3.66. The normalized spacial score (nSPS) is 11.7. The van der Waals surface area contributed by atoms with Crippen LogP contribution in [0.2, 0.25) is 0 Å². The molecule has 0 spiro atoms. The van der Waals surface area contributed by atoms with E-state index in [1.807, 2.05) is 0 Å². The summed E-state index contributed by atoms with van der Waals surface area (Å²) < 4.78 is 78.1. The van der Waals surface area contributed by atoms with Gasteiger partial charge in [0.05, 0.1) is 10.5 Å². The summed E-state index contributed by atoms with van der Waals surface area (Å²) in [5, 5.41) is 2.60. The highest BCUT2D eigenvalue weighted by Crippen LogP contribution is 2.31. The third kappa shape index (κ3) is 6.07.